The molecule has 0 saturated heterocycles. The molecule has 0 bridgehead atoms. The number of rotatable bonds is 8. The second kappa shape index (κ2) is 9.88. The van der Waals surface area contributed by atoms with E-state index in [0.29, 0.717) is 23.8 Å². The summed E-state index contributed by atoms with van der Waals surface area (Å²) < 4.78 is 15.6. The van der Waals surface area contributed by atoms with Gasteiger partial charge in [0.15, 0.2) is 6.61 Å². The molecule has 2 aromatic carbocycles. The van der Waals surface area contributed by atoms with Crippen LogP contribution >= 0.6 is 0 Å². The molecule has 0 aliphatic heterocycles. The first-order valence-electron chi connectivity index (χ1n) is 8.13. The molecule has 0 radical (unpaired) electrons. The summed E-state index contributed by atoms with van der Waals surface area (Å²) in [5.74, 6) is 0.132. The van der Waals surface area contributed by atoms with Gasteiger partial charge in [-0.2, -0.15) is 0 Å². The number of hydrogen-bond acceptors (Lipinski definition) is 5. The van der Waals surface area contributed by atoms with Gasteiger partial charge in [0.05, 0.1) is 19.4 Å². The molecule has 0 heterocycles. The second-order valence-corrected chi connectivity index (χ2v) is 5.16. The zero-order valence-corrected chi connectivity index (χ0v) is 14.7. The first kappa shape index (κ1) is 19.1. The lowest BCUT2D eigenvalue weighted by Crippen LogP contribution is -2.20. The van der Waals surface area contributed by atoms with E-state index in [-0.39, 0.29) is 0 Å². The van der Waals surface area contributed by atoms with Crippen LogP contribution in [0.4, 0.5) is 5.69 Å². The molecule has 2 aromatic rings. The molecule has 2 rings (SSSR count). The molecule has 1 N–H and O–H groups in total. The number of hydrogen-bond donors (Lipinski definition) is 1. The SMILES string of the molecule is CCOc1ccccc1NC(=O)COC(=O)/C=C/c1ccccc1OC. The van der Waals surface area contributed by atoms with Gasteiger partial charge in [-0.25, -0.2) is 4.79 Å². The van der Waals surface area contributed by atoms with Gasteiger partial charge in [0.1, 0.15) is 11.5 Å². The maximum atomic E-state index is 12.0. The minimum atomic E-state index is -0.621. The van der Waals surface area contributed by atoms with Crippen LogP contribution in [0.15, 0.2) is 54.6 Å². The van der Waals surface area contributed by atoms with Crippen molar-refractivity contribution in [2.45, 2.75) is 6.92 Å². The lowest BCUT2D eigenvalue weighted by molar-refractivity contribution is -0.142. The third-order valence-electron chi connectivity index (χ3n) is 3.34. The summed E-state index contributed by atoms with van der Waals surface area (Å²) in [4.78, 5) is 23.7. The van der Waals surface area contributed by atoms with Crippen LogP contribution in [0.3, 0.4) is 0 Å². The van der Waals surface area contributed by atoms with Crippen LogP contribution < -0.4 is 14.8 Å². The number of nitrogens with one attached hydrogen (secondary N) is 1. The molecule has 0 aromatic heterocycles. The van der Waals surface area contributed by atoms with Crippen LogP contribution in [0, 0.1) is 0 Å². The van der Waals surface area contributed by atoms with Crippen molar-refractivity contribution in [1.82, 2.24) is 0 Å². The molecule has 0 aliphatic carbocycles. The first-order chi connectivity index (χ1) is 12.6. The molecule has 0 fully saturated rings. The van der Waals surface area contributed by atoms with Crippen molar-refractivity contribution >= 4 is 23.6 Å². The van der Waals surface area contributed by atoms with Gasteiger partial charge in [0.25, 0.3) is 5.91 Å². The number of esters is 1. The maximum absolute atomic E-state index is 12.0. The Kier molecular flexibility index (Phi) is 7.24. The highest BCUT2D eigenvalue weighted by atomic mass is 16.5. The van der Waals surface area contributed by atoms with Crippen molar-refractivity contribution in [2.75, 3.05) is 25.6 Å². The molecule has 26 heavy (non-hydrogen) atoms. The quantitative estimate of drug-likeness (QED) is 0.581. The number of benzene rings is 2. The highest BCUT2D eigenvalue weighted by molar-refractivity contribution is 5.95. The Bertz CT molecular complexity index is 785. The first-order valence-corrected chi connectivity index (χ1v) is 8.13. The largest absolute Gasteiger partial charge is 0.496 e. The van der Waals surface area contributed by atoms with Gasteiger partial charge >= 0.3 is 5.97 Å². The molecule has 136 valence electrons. The molecular formula is C20H21NO5. The number of para-hydroxylation sites is 3. The Morgan fingerprint density at radius 1 is 1.04 bits per heavy atom. The molecule has 6 heteroatoms. The summed E-state index contributed by atoms with van der Waals surface area (Å²) in [5, 5.41) is 2.66. The third kappa shape index (κ3) is 5.66. The van der Waals surface area contributed by atoms with Gasteiger partial charge in [-0.1, -0.05) is 30.3 Å². The van der Waals surface area contributed by atoms with E-state index in [0.717, 1.165) is 5.56 Å². The molecule has 6 nitrogen and oxygen atoms in total. The predicted octanol–water partition coefficient (Wildman–Crippen LogP) is 3.29. The van der Waals surface area contributed by atoms with Crippen molar-refractivity contribution in [1.29, 1.82) is 0 Å². The molecule has 0 saturated carbocycles. The van der Waals surface area contributed by atoms with Crippen LogP contribution in [0.5, 0.6) is 11.5 Å². The molecule has 1 amide bonds. The van der Waals surface area contributed by atoms with Gasteiger partial charge in [-0.3, -0.25) is 4.79 Å². The summed E-state index contributed by atoms with van der Waals surface area (Å²) in [7, 11) is 1.55. The number of methoxy groups -OCH3 is 1. The fraction of sp³-hybridized carbons (Fsp3) is 0.200. The number of amides is 1. The van der Waals surface area contributed by atoms with Gasteiger partial charge in [-0.15, -0.1) is 0 Å². The Hall–Kier alpha value is -3.28. The van der Waals surface area contributed by atoms with Crippen LogP contribution in [-0.4, -0.2) is 32.2 Å². The van der Waals surface area contributed by atoms with E-state index in [4.69, 9.17) is 14.2 Å². The number of anilines is 1. The predicted molar refractivity (Wildman–Crippen MR) is 99.2 cm³/mol. The minimum Gasteiger partial charge on any atom is -0.496 e. The van der Waals surface area contributed by atoms with Crippen molar-refractivity contribution in [3.63, 3.8) is 0 Å². The van der Waals surface area contributed by atoms with E-state index in [1.165, 1.54) is 6.08 Å². The topological polar surface area (TPSA) is 73.9 Å². The maximum Gasteiger partial charge on any atom is 0.331 e. The average Bonchev–Trinajstić information content (AvgIpc) is 2.66. The van der Waals surface area contributed by atoms with E-state index in [1.807, 2.05) is 25.1 Å². The Balaban J connectivity index is 1.87. The molecular weight excluding hydrogens is 334 g/mol. The lowest BCUT2D eigenvalue weighted by atomic mass is 10.2. The zero-order valence-electron chi connectivity index (χ0n) is 14.7. The number of carbonyl (C=O) groups excluding carboxylic acids is 2. The third-order valence-corrected chi connectivity index (χ3v) is 3.34. The normalized spacial score (nSPS) is 10.4. The van der Waals surface area contributed by atoms with E-state index in [1.54, 1.807) is 43.5 Å². The van der Waals surface area contributed by atoms with Crippen molar-refractivity contribution in [2.24, 2.45) is 0 Å². The van der Waals surface area contributed by atoms with Gasteiger partial charge < -0.3 is 19.5 Å². The number of carbonyl (C=O) groups is 2. The Morgan fingerprint density at radius 3 is 2.46 bits per heavy atom. The lowest BCUT2D eigenvalue weighted by Gasteiger charge is -2.11. The van der Waals surface area contributed by atoms with Crippen molar-refractivity contribution < 1.29 is 23.8 Å². The molecule has 0 unspecified atom stereocenters. The summed E-state index contributed by atoms with van der Waals surface area (Å²) in [5.41, 5.74) is 1.27. The fourth-order valence-electron chi connectivity index (χ4n) is 2.18. The average molecular weight is 355 g/mol. The van der Waals surface area contributed by atoms with Gasteiger partial charge in [0, 0.05) is 11.6 Å². The summed E-state index contributed by atoms with van der Waals surface area (Å²) in [6, 6.07) is 14.3. The summed E-state index contributed by atoms with van der Waals surface area (Å²) in [6.07, 6.45) is 2.82. The van der Waals surface area contributed by atoms with E-state index >= 15 is 0 Å². The fourth-order valence-corrected chi connectivity index (χ4v) is 2.18. The molecule has 0 aliphatic rings. The van der Waals surface area contributed by atoms with E-state index in [2.05, 4.69) is 5.32 Å². The standard InChI is InChI=1S/C20H21NO5/c1-3-25-18-11-7-5-9-16(18)21-19(22)14-26-20(23)13-12-15-8-4-6-10-17(15)24-2/h4-13H,3,14H2,1-2H3,(H,21,22)/b13-12+. The van der Waals surface area contributed by atoms with Crippen molar-refractivity contribution in [3.05, 3.63) is 60.2 Å². The van der Waals surface area contributed by atoms with Crippen LogP contribution in [0.25, 0.3) is 6.08 Å². The van der Waals surface area contributed by atoms with E-state index in [9.17, 15) is 9.59 Å². The van der Waals surface area contributed by atoms with Crippen LogP contribution in [-0.2, 0) is 14.3 Å². The highest BCUT2D eigenvalue weighted by Crippen LogP contribution is 2.23. The van der Waals surface area contributed by atoms with E-state index < -0.39 is 18.5 Å². The smallest absolute Gasteiger partial charge is 0.331 e. The Morgan fingerprint density at radius 2 is 1.73 bits per heavy atom. The summed E-state index contributed by atoms with van der Waals surface area (Å²) in [6.45, 7) is 1.94. The summed E-state index contributed by atoms with van der Waals surface area (Å²) >= 11 is 0. The second-order valence-electron chi connectivity index (χ2n) is 5.16. The zero-order chi connectivity index (χ0) is 18.8. The van der Waals surface area contributed by atoms with Crippen LogP contribution in [0.2, 0.25) is 0 Å². The van der Waals surface area contributed by atoms with Crippen LogP contribution in [0.1, 0.15) is 12.5 Å². The number of ether oxygens (including phenoxy) is 3. The van der Waals surface area contributed by atoms with Gasteiger partial charge in [0.2, 0.25) is 0 Å². The highest BCUT2D eigenvalue weighted by Gasteiger charge is 2.09. The molecule has 0 spiro atoms. The van der Waals surface area contributed by atoms with Gasteiger partial charge in [-0.05, 0) is 31.2 Å². The molecule has 0 atom stereocenters. The Labute approximate surface area is 152 Å². The minimum absolute atomic E-state index is 0.393. The monoisotopic (exact) mass is 355 g/mol. The van der Waals surface area contributed by atoms with Crippen molar-refractivity contribution in [3.8, 4) is 11.5 Å².